The average Bonchev–Trinajstić information content (AvgIpc) is 3.32. The van der Waals surface area contributed by atoms with Gasteiger partial charge in [-0.1, -0.05) is 36.4 Å². The van der Waals surface area contributed by atoms with E-state index in [1.54, 1.807) is 6.08 Å². The Morgan fingerprint density at radius 1 is 1.16 bits per heavy atom. The number of hydrogen-bond donors (Lipinski definition) is 1. The van der Waals surface area contributed by atoms with Crippen molar-refractivity contribution >= 4 is 5.57 Å². The van der Waals surface area contributed by atoms with Crippen molar-refractivity contribution in [2.75, 3.05) is 0 Å². The molecule has 158 valence electrons. The predicted molar refractivity (Wildman–Crippen MR) is 115 cm³/mol. The highest BCUT2D eigenvalue weighted by molar-refractivity contribution is 5.64. The lowest BCUT2D eigenvalue weighted by Crippen LogP contribution is -2.15. The first-order valence-corrected chi connectivity index (χ1v) is 9.72. The van der Waals surface area contributed by atoms with Gasteiger partial charge in [0, 0.05) is 5.56 Å². The maximum absolute atomic E-state index is 11.5. The van der Waals surface area contributed by atoms with Crippen LogP contribution in [0.1, 0.15) is 23.9 Å². The fraction of sp³-hybridized carbons (Fsp3) is 0.174. The normalized spacial score (nSPS) is 11.6. The van der Waals surface area contributed by atoms with Gasteiger partial charge in [0.1, 0.15) is 23.8 Å². The zero-order chi connectivity index (χ0) is 21.8. The molecule has 0 unspecified atom stereocenters. The van der Waals surface area contributed by atoms with Gasteiger partial charge in [-0.25, -0.2) is 19.6 Å². The molecule has 0 fully saturated rings. The van der Waals surface area contributed by atoms with E-state index in [2.05, 4.69) is 9.97 Å². The number of oxazole rings is 1. The second-order valence-electron chi connectivity index (χ2n) is 6.96. The minimum Gasteiger partial charge on any atom is -0.487 e. The van der Waals surface area contributed by atoms with Crippen LogP contribution in [0.2, 0.25) is 0 Å². The van der Waals surface area contributed by atoms with E-state index in [4.69, 9.17) is 13.7 Å². The van der Waals surface area contributed by atoms with E-state index in [0.717, 1.165) is 27.1 Å². The lowest BCUT2D eigenvalue weighted by Gasteiger charge is -2.08. The molecule has 0 saturated heterocycles. The van der Waals surface area contributed by atoms with Gasteiger partial charge in [0.25, 0.3) is 0 Å². The second kappa shape index (κ2) is 8.74. The first-order chi connectivity index (χ1) is 15.0. The van der Waals surface area contributed by atoms with Crippen molar-refractivity contribution in [1.82, 2.24) is 14.7 Å². The maximum atomic E-state index is 11.5. The molecule has 8 heteroatoms. The molecule has 4 aromatic rings. The zero-order valence-electron chi connectivity index (χ0n) is 17.1. The summed E-state index contributed by atoms with van der Waals surface area (Å²) in [6, 6.07) is 17.3. The monoisotopic (exact) mass is 419 g/mol. The topological polar surface area (TPSA) is 103 Å². The van der Waals surface area contributed by atoms with Gasteiger partial charge in [0.15, 0.2) is 0 Å². The fourth-order valence-electron chi connectivity index (χ4n) is 3.02. The van der Waals surface area contributed by atoms with Crippen molar-refractivity contribution in [2.45, 2.75) is 27.0 Å². The molecule has 2 heterocycles. The molecule has 2 aromatic heterocycles. The standard InChI is InChI=1S/C23H21N3O5/c1-15(11-12-26-22(27)25-23(28)31-26)18-9-6-10-19(13-18)29-14-20-16(2)30-21(24-20)17-7-4-3-5-8-17/h3-11,13H,12,14H2,1-2H3,(H,25,27,28). The summed E-state index contributed by atoms with van der Waals surface area (Å²) in [5.74, 6) is 1.18. The summed E-state index contributed by atoms with van der Waals surface area (Å²) in [6.07, 6.45) is 1.80. The molecule has 0 saturated carbocycles. The Kier molecular flexibility index (Phi) is 5.70. The van der Waals surface area contributed by atoms with Gasteiger partial charge < -0.3 is 13.7 Å². The van der Waals surface area contributed by atoms with Crippen LogP contribution in [0.4, 0.5) is 0 Å². The lowest BCUT2D eigenvalue weighted by molar-refractivity contribution is 0.261. The van der Waals surface area contributed by atoms with Gasteiger partial charge in [0.05, 0.1) is 6.54 Å². The van der Waals surface area contributed by atoms with E-state index in [1.807, 2.05) is 68.4 Å². The first-order valence-electron chi connectivity index (χ1n) is 9.72. The van der Waals surface area contributed by atoms with Crippen LogP contribution in [0, 0.1) is 6.92 Å². The number of nitrogens with zero attached hydrogens (tertiary/aromatic N) is 2. The molecular formula is C23H21N3O5. The van der Waals surface area contributed by atoms with E-state index in [-0.39, 0.29) is 13.2 Å². The molecule has 4 rings (SSSR count). The molecule has 8 nitrogen and oxygen atoms in total. The maximum Gasteiger partial charge on any atom is 0.440 e. The van der Waals surface area contributed by atoms with E-state index < -0.39 is 11.4 Å². The summed E-state index contributed by atoms with van der Waals surface area (Å²) in [5, 5.41) is 0. The molecule has 1 N–H and O–H groups in total. The number of ether oxygens (including phenoxy) is 1. The van der Waals surface area contributed by atoms with Gasteiger partial charge in [-0.15, -0.1) is 4.74 Å². The quantitative estimate of drug-likeness (QED) is 0.489. The number of rotatable bonds is 7. The molecule has 2 aromatic carbocycles. The average molecular weight is 419 g/mol. The summed E-state index contributed by atoms with van der Waals surface area (Å²) in [6.45, 7) is 4.19. The fourth-order valence-corrected chi connectivity index (χ4v) is 3.02. The van der Waals surface area contributed by atoms with Crippen molar-refractivity contribution in [3.63, 3.8) is 0 Å². The van der Waals surface area contributed by atoms with Crippen molar-refractivity contribution in [3.8, 4) is 17.2 Å². The van der Waals surface area contributed by atoms with Crippen molar-refractivity contribution < 1.29 is 13.7 Å². The summed E-state index contributed by atoms with van der Waals surface area (Å²) in [5.41, 5.74) is 2.90. The molecule has 0 aliphatic heterocycles. The molecule has 0 spiro atoms. The Balaban J connectivity index is 1.45. The molecule has 31 heavy (non-hydrogen) atoms. The zero-order valence-corrected chi connectivity index (χ0v) is 17.1. The third kappa shape index (κ3) is 4.75. The molecule has 0 bridgehead atoms. The van der Waals surface area contributed by atoms with E-state index in [0.29, 0.717) is 17.4 Å². The van der Waals surface area contributed by atoms with Crippen LogP contribution in [0.15, 0.2) is 79.2 Å². The Bertz CT molecular complexity index is 1330. The molecule has 0 amide bonds. The van der Waals surface area contributed by atoms with Crippen LogP contribution in [-0.2, 0) is 13.2 Å². The van der Waals surface area contributed by atoms with Gasteiger partial charge in [-0.2, -0.15) is 0 Å². The number of aromatic nitrogens is 3. The number of allylic oxidation sites excluding steroid dienone is 2. The van der Waals surface area contributed by atoms with Crippen molar-refractivity contribution in [1.29, 1.82) is 0 Å². The SMILES string of the molecule is CC(=CCn1oc(=O)[nH]c1=O)c1cccc(OCc2nc(-c3ccccc3)oc2C)c1. The van der Waals surface area contributed by atoms with Gasteiger partial charge in [-0.3, -0.25) is 0 Å². The van der Waals surface area contributed by atoms with Crippen LogP contribution in [0.25, 0.3) is 17.0 Å². The minimum absolute atomic E-state index is 0.148. The summed E-state index contributed by atoms with van der Waals surface area (Å²) < 4.78 is 17.4. The van der Waals surface area contributed by atoms with E-state index >= 15 is 0 Å². The van der Waals surface area contributed by atoms with E-state index in [9.17, 15) is 9.59 Å². The molecule has 0 radical (unpaired) electrons. The first kappa shape index (κ1) is 20.2. The largest absolute Gasteiger partial charge is 0.487 e. The molecule has 0 aliphatic rings. The summed E-state index contributed by atoms with van der Waals surface area (Å²) in [7, 11) is 0. The van der Waals surface area contributed by atoms with Crippen LogP contribution in [0.5, 0.6) is 5.75 Å². The second-order valence-corrected chi connectivity index (χ2v) is 6.96. The van der Waals surface area contributed by atoms with Crippen molar-refractivity contribution in [2.24, 2.45) is 0 Å². The highest BCUT2D eigenvalue weighted by Crippen LogP contribution is 2.24. The summed E-state index contributed by atoms with van der Waals surface area (Å²) >= 11 is 0. The number of aryl methyl sites for hydroxylation is 1. The minimum atomic E-state index is -0.773. The van der Waals surface area contributed by atoms with Crippen LogP contribution in [0.3, 0.4) is 0 Å². The smallest absolute Gasteiger partial charge is 0.440 e. The lowest BCUT2D eigenvalue weighted by atomic mass is 10.1. The third-order valence-electron chi connectivity index (χ3n) is 4.77. The Hall–Kier alpha value is -4.07. The number of H-pyrrole nitrogens is 1. The molecule has 0 atom stereocenters. The predicted octanol–water partition coefficient (Wildman–Crippen LogP) is 3.78. The molecular weight excluding hydrogens is 398 g/mol. The van der Waals surface area contributed by atoms with Gasteiger partial charge in [-0.05, 0) is 49.2 Å². The highest BCUT2D eigenvalue weighted by Gasteiger charge is 2.12. The van der Waals surface area contributed by atoms with Gasteiger partial charge in [0.2, 0.25) is 5.89 Å². The number of hydrogen-bond acceptors (Lipinski definition) is 6. The van der Waals surface area contributed by atoms with Crippen LogP contribution < -0.4 is 16.2 Å². The number of benzene rings is 2. The van der Waals surface area contributed by atoms with Crippen molar-refractivity contribution in [3.05, 3.63) is 98.7 Å². The molecule has 0 aliphatic carbocycles. The van der Waals surface area contributed by atoms with E-state index in [1.165, 1.54) is 0 Å². The van der Waals surface area contributed by atoms with Crippen LogP contribution in [-0.4, -0.2) is 14.7 Å². The number of nitrogens with one attached hydrogen (secondary N) is 1. The Labute approximate surface area is 177 Å². The van der Waals surface area contributed by atoms with Crippen LogP contribution >= 0.6 is 0 Å². The Morgan fingerprint density at radius 3 is 2.71 bits per heavy atom. The highest BCUT2D eigenvalue weighted by atomic mass is 16.5. The Morgan fingerprint density at radius 2 is 1.97 bits per heavy atom. The number of aromatic amines is 1. The van der Waals surface area contributed by atoms with Gasteiger partial charge >= 0.3 is 11.4 Å². The third-order valence-corrected chi connectivity index (χ3v) is 4.77. The summed E-state index contributed by atoms with van der Waals surface area (Å²) in [4.78, 5) is 29.2.